The Hall–Kier alpha value is -5.43. The number of alkyl halides is 3. The first-order valence-corrected chi connectivity index (χ1v) is 20.9. The number of H-pyrrole nitrogens is 1. The number of aromatic amines is 1. The Morgan fingerprint density at radius 3 is 2.00 bits per heavy atom. The van der Waals surface area contributed by atoms with Crippen LogP contribution in [0.5, 0.6) is 0 Å². The molecule has 3 aromatic rings. The van der Waals surface area contributed by atoms with Crippen LogP contribution in [0.4, 0.5) is 37.6 Å². The van der Waals surface area contributed by atoms with Gasteiger partial charge in [0, 0.05) is 57.4 Å². The molecule has 0 bridgehead atoms. The molecule has 2 aromatic carbocycles. The average molecular weight is 873 g/mol. The van der Waals surface area contributed by atoms with Gasteiger partial charge in [-0.25, -0.2) is 19.4 Å². The Morgan fingerprint density at radius 2 is 1.45 bits per heavy atom. The van der Waals surface area contributed by atoms with Gasteiger partial charge in [-0.3, -0.25) is 9.69 Å². The summed E-state index contributed by atoms with van der Waals surface area (Å²) in [5.41, 5.74) is 1.06. The fourth-order valence-electron chi connectivity index (χ4n) is 8.21. The minimum absolute atomic E-state index is 0.0461. The third-order valence-electron chi connectivity index (χ3n) is 11.4. The second kappa shape index (κ2) is 18.9. The van der Waals surface area contributed by atoms with E-state index in [1.165, 1.54) is 24.1 Å². The fourth-order valence-corrected chi connectivity index (χ4v) is 8.21. The van der Waals surface area contributed by atoms with Crippen LogP contribution in [-0.2, 0) is 19.1 Å². The number of hydrogen-bond donors (Lipinski definition) is 2. The van der Waals surface area contributed by atoms with E-state index in [0.29, 0.717) is 68.7 Å². The largest absolute Gasteiger partial charge is 0.544 e. The number of rotatable bonds is 9. The van der Waals surface area contributed by atoms with E-state index in [0.717, 1.165) is 0 Å². The number of nitrogens with one attached hydrogen (secondary N) is 2. The number of halogens is 4. The molecule has 4 heterocycles. The normalized spacial score (nSPS) is 19.7. The molecule has 1 aromatic heterocycles. The third kappa shape index (κ3) is 11.1. The number of carbonyl (C=O) groups excluding carboxylic acids is 4. The number of nitrogens with zero attached hydrogens (tertiary/aromatic N) is 6. The first kappa shape index (κ1) is 46.1. The molecular formula is C43H56F4N8O7. The van der Waals surface area contributed by atoms with Gasteiger partial charge in [-0.2, -0.15) is 14.3 Å². The van der Waals surface area contributed by atoms with E-state index in [9.17, 15) is 32.3 Å². The van der Waals surface area contributed by atoms with Crippen LogP contribution in [0.25, 0.3) is 22.4 Å². The number of amides is 5. The van der Waals surface area contributed by atoms with Crippen molar-refractivity contribution < 1.29 is 51.1 Å². The van der Waals surface area contributed by atoms with Gasteiger partial charge in [-0.1, -0.05) is 57.2 Å². The molecule has 5 amide bonds. The maximum absolute atomic E-state index is 15.5. The number of anilines is 1. The fraction of sp³-hybridized carbons (Fsp3) is 0.558. The van der Waals surface area contributed by atoms with Crippen molar-refractivity contribution in [2.75, 3.05) is 58.0 Å². The molecule has 3 fully saturated rings. The summed E-state index contributed by atoms with van der Waals surface area (Å²) in [6, 6.07) is 10.4. The van der Waals surface area contributed by atoms with Crippen molar-refractivity contribution >= 4 is 29.8 Å². The van der Waals surface area contributed by atoms with E-state index in [1.807, 2.05) is 27.7 Å². The minimum atomic E-state index is -5.14. The molecule has 338 valence electrons. The van der Waals surface area contributed by atoms with Crippen LogP contribution in [0.2, 0.25) is 0 Å². The van der Waals surface area contributed by atoms with Crippen LogP contribution in [-0.4, -0.2) is 131 Å². The van der Waals surface area contributed by atoms with Crippen molar-refractivity contribution in [2.24, 2.45) is 11.8 Å². The van der Waals surface area contributed by atoms with Gasteiger partial charge in [0.25, 0.3) is 0 Å². The summed E-state index contributed by atoms with van der Waals surface area (Å²) in [5.74, 6) is -0.888. The lowest BCUT2D eigenvalue weighted by Gasteiger charge is -2.43. The number of urea groups is 1. The zero-order chi connectivity index (χ0) is 45.1. The quantitative estimate of drug-likeness (QED) is 0.164. The van der Waals surface area contributed by atoms with Crippen molar-refractivity contribution in [3.63, 3.8) is 0 Å². The standard InChI is InChI=1S/C43H56F4N8O7/c1-26(2)34(49-39(57)60-7)38(56)54-25-27(3)24-33(54)37-48-35(36(44)50-37)30-10-8-28(9-11-30)29-12-14-32(15-13-29)55(62-43(45,46)47)40(58)52-22-20-51(21-23-52)31-16-18-53(19-17-31)41(59)61-42(4,5)6/h8-15,26-27,31,33-34H,16-25H2,1-7H3,(H,48,50)(H,49,57)/t27-,33-,34?/m0/s1. The lowest BCUT2D eigenvalue weighted by Crippen LogP contribution is -2.57. The van der Waals surface area contributed by atoms with Crippen LogP contribution >= 0.6 is 0 Å². The number of ether oxygens (including phenoxy) is 2. The first-order valence-electron chi connectivity index (χ1n) is 20.9. The highest BCUT2D eigenvalue weighted by Gasteiger charge is 2.42. The monoisotopic (exact) mass is 872 g/mol. The summed E-state index contributed by atoms with van der Waals surface area (Å²) in [4.78, 5) is 70.1. The lowest BCUT2D eigenvalue weighted by atomic mass is 10.0. The molecule has 0 saturated carbocycles. The smallest absolute Gasteiger partial charge is 0.453 e. The molecule has 15 nitrogen and oxygen atoms in total. The Morgan fingerprint density at radius 1 is 0.871 bits per heavy atom. The molecule has 3 aliphatic heterocycles. The van der Waals surface area contributed by atoms with Crippen LogP contribution in [0.15, 0.2) is 48.5 Å². The second-order valence-electron chi connectivity index (χ2n) is 17.4. The number of alkyl carbamates (subject to hydrolysis) is 1. The Labute approximate surface area is 358 Å². The first-order chi connectivity index (χ1) is 29.2. The molecule has 3 atom stereocenters. The van der Waals surface area contributed by atoms with Crippen molar-refractivity contribution in [1.82, 2.24) is 34.9 Å². The van der Waals surface area contributed by atoms with Gasteiger partial charge in [0.2, 0.25) is 11.9 Å². The number of piperazine rings is 1. The predicted octanol–water partition coefficient (Wildman–Crippen LogP) is 7.57. The molecule has 19 heteroatoms. The molecule has 0 spiro atoms. The van der Waals surface area contributed by atoms with E-state index in [4.69, 9.17) is 9.47 Å². The van der Waals surface area contributed by atoms with Gasteiger partial charge in [-0.15, -0.1) is 13.2 Å². The van der Waals surface area contributed by atoms with Crippen molar-refractivity contribution in [3.8, 4) is 22.4 Å². The number of hydrogen-bond acceptors (Lipinski definition) is 9. The number of likely N-dealkylation sites (tertiary alicyclic amines) is 2. The summed E-state index contributed by atoms with van der Waals surface area (Å²) >= 11 is 0. The number of piperidine rings is 1. The van der Waals surface area contributed by atoms with Gasteiger partial charge in [-0.05, 0) is 75.1 Å². The molecule has 1 unspecified atom stereocenters. The SMILES string of the molecule is COC(=O)NC(C(=O)N1C[C@@H](C)C[C@H]1c1nc(-c2ccc(-c3ccc(N(OC(F)(F)F)C(=O)N4CCN(C5CCN(C(=O)OC(C)(C)C)CC5)CC4)cc3)cc2)c(F)[nH]1)C(C)C. The van der Waals surface area contributed by atoms with Gasteiger partial charge < -0.3 is 34.5 Å². The number of methoxy groups -OCH3 is 1. The van der Waals surface area contributed by atoms with Crippen LogP contribution in [0.3, 0.4) is 0 Å². The highest BCUT2D eigenvalue weighted by molar-refractivity contribution is 5.90. The summed E-state index contributed by atoms with van der Waals surface area (Å²) in [6.45, 7) is 13.8. The lowest BCUT2D eigenvalue weighted by molar-refractivity contribution is -0.325. The maximum Gasteiger partial charge on any atom is 0.544 e. The van der Waals surface area contributed by atoms with Crippen LogP contribution < -0.4 is 10.4 Å². The summed E-state index contributed by atoms with van der Waals surface area (Å²) < 4.78 is 66.7. The van der Waals surface area contributed by atoms with E-state index in [2.05, 4.69) is 25.0 Å². The highest BCUT2D eigenvalue weighted by Crippen LogP contribution is 2.37. The molecule has 3 aliphatic rings. The molecule has 0 aliphatic carbocycles. The highest BCUT2D eigenvalue weighted by atomic mass is 19.4. The van der Waals surface area contributed by atoms with Gasteiger partial charge >= 0.3 is 24.6 Å². The van der Waals surface area contributed by atoms with E-state index in [1.54, 1.807) is 60.0 Å². The zero-order valence-electron chi connectivity index (χ0n) is 36.1. The molecule has 2 N–H and O–H groups in total. The van der Waals surface area contributed by atoms with Crippen molar-refractivity contribution in [3.05, 3.63) is 60.3 Å². The Bertz CT molecular complexity index is 2040. The number of carbonyl (C=O) groups is 4. The van der Waals surface area contributed by atoms with Gasteiger partial charge in [0.1, 0.15) is 23.2 Å². The van der Waals surface area contributed by atoms with E-state index < -0.39 is 42.1 Å². The van der Waals surface area contributed by atoms with Gasteiger partial charge in [0.05, 0.1) is 18.8 Å². The van der Waals surface area contributed by atoms with Crippen molar-refractivity contribution in [2.45, 2.75) is 90.9 Å². The number of benzene rings is 2. The predicted molar refractivity (Wildman–Crippen MR) is 221 cm³/mol. The minimum Gasteiger partial charge on any atom is -0.453 e. The van der Waals surface area contributed by atoms with E-state index >= 15 is 4.39 Å². The Balaban J connectivity index is 1.09. The van der Waals surface area contributed by atoms with E-state index in [-0.39, 0.29) is 65.2 Å². The average Bonchev–Trinajstić information content (AvgIpc) is 3.82. The molecule has 62 heavy (non-hydrogen) atoms. The van der Waals surface area contributed by atoms with Crippen LogP contribution in [0.1, 0.15) is 72.7 Å². The number of imidazole rings is 1. The molecular weight excluding hydrogens is 817 g/mol. The molecule has 3 saturated heterocycles. The number of aromatic nitrogens is 2. The third-order valence-corrected chi connectivity index (χ3v) is 11.4. The van der Waals surface area contributed by atoms with Crippen LogP contribution in [0, 0.1) is 17.8 Å². The van der Waals surface area contributed by atoms with Gasteiger partial charge in [0.15, 0.2) is 0 Å². The summed E-state index contributed by atoms with van der Waals surface area (Å²) in [7, 11) is 1.22. The molecule has 0 radical (unpaired) electrons. The summed E-state index contributed by atoms with van der Waals surface area (Å²) in [5, 5.41) is 2.87. The second-order valence-corrected chi connectivity index (χ2v) is 17.4. The Kier molecular flexibility index (Phi) is 14.0. The van der Waals surface area contributed by atoms with Crippen molar-refractivity contribution in [1.29, 1.82) is 0 Å². The number of hydroxylamine groups is 1. The zero-order valence-corrected chi connectivity index (χ0v) is 36.1. The summed E-state index contributed by atoms with van der Waals surface area (Å²) in [6.07, 6.45) is -4.26. The topological polar surface area (TPSA) is 153 Å². The maximum atomic E-state index is 15.5. The molecule has 6 rings (SSSR count).